The van der Waals surface area contributed by atoms with E-state index in [1.807, 2.05) is 32.6 Å². The first-order chi connectivity index (χ1) is 25.1. The van der Waals surface area contributed by atoms with E-state index in [1.165, 1.54) is 0 Å². The van der Waals surface area contributed by atoms with Crippen molar-refractivity contribution in [3.8, 4) is 0 Å². The molecular weight excluding hydrogens is 665 g/mol. The first kappa shape index (κ1) is 40.3. The van der Waals surface area contributed by atoms with Gasteiger partial charge in [0, 0.05) is 49.0 Å². The van der Waals surface area contributed by atoms with Crippen molar-refractivity contribution < 1.29 is 28.8 Å². The summed E-state index contributed by atoms with van der Waals surface area (Å²) in [6.07, 6.45) is 17.4. The van der Waals surface area contributed by atoms with Crippen LogP contribution in [-0.4, -0.2) is 58.5 Å². The summed E-state index contributed by atoms with van der Waals surface area (Å²) in [6.45, 7) is 13.1. The Balaban J connectivity index is 1.25. The molecule has 1 heterocycles. The number of Topliss-reactive ketones (excluding diaryl/α,β-unsaturated/α-hetero) is 4. The average Bonchev–Trinajstić information content (AvgIpc) is 3.94. The van der Waals surface area contributed by atoms with Crippen molar-refractivity contribution in [2.75, 3.05) is 6.54 Å². The third-order valence-electron chi connectivity index (χ3n) is 15.9. The standard InChI is InChI=1S/C45H70N2O6/c1-7-15-32(39(51)37(50)24-29-20-21-29)25-35(48)34-27-45(43(5,6)44(45)22-14-23-44)28-47(34)41(53)33(42(2,3)4)26-36(49)38(30-16-10-8-11-17-30)46-40(52)31-18-12-9-13-19-31/h29-34,38H,7-28H2,1-6H3,(H,46,52)/t32-,33-,34+,38+,45-/m1/s1. The number of amides is 2. The van der Waals surface area contributed by atoms with Crippen LogP contribution < -0.4 is 5.32 Å². The van der Waals surface area contributed by atoms with Crippen molar-refractivity contribution in [1.82, 2.24) is 10.2 Å². The minimum Gasteiger partial charge on any atom is -0.346 e. The zero-order chi connectivity index (χ0) is 38.3. The molecule has 296 valence electrons. The molecule has 8 nitrogen and oxygen atoms in total. The number of hydrogen-bond donors (Lipinski definition) is 1. The van der Waals surface area contributed by atoms with Crippen LogP contribution in [-0.2, 0) is 28.8 Å². The fraction of sp³-hybridized carbons (Fsp3) is 0.867. The highest BCUT2D eigenvalue weighted by molar-refractivity contribution is 6.38. The van der Waals surface area contributed by atoms with Crippen molar-refractivity contribution in [3.05, 3.63) is 0 Å². The summed E-state index contributed by atoms with van der Waals surface area (Å²) in [7, 11) is 0. The highest BCUT2D eigenvalue weighted by atomic mass is 16.2. The van der Waals surface area contributed by atoms with Crippen LogP contribution in [0.5, 0.6) is 0 Å². The molecular formula is C45H70N2O6. The molecule has 53 heavy (non-hydrogen) atoms. The quantitative estimate of drug-likeness (QED) is 0.159. The number of ketones is 4. The monoisotopic (exact) mass is 735 g/mol. The Kier molecular flexibility index (Phi) is 11.9. The Morgan fingerprint density at radius 1 is 0.792 bits per heavy atom. The summed E-state index contributed by atoms with van der Waals surface area (Å²) in [5, 5.41) is 3.25. The lowest BCUT2D eigenvalue weighted by atomic mass is 9.73. The molecule has 6 rings (SSSR count). The van der Waals surface area contributed by atoms with E-state index in [4.69, 9.17) is 0 Å². The van der Waals surface area contributed by atoms with Crippen LogP contribution in [0.15, 0.2) is 0 Å². The zero-order valence-electron chi connectivity index (χ0n) is 34.0. The van der Waals surface area contributed by atoms with E-state index in [-0.39, 0.29) is 76.5 Å². The van der Waals surface area contributed by atoms with E-state index in [0.717, 1.165) is 96.3 Å². The molecule has 1 N–H and O–H groups in total. The lowest BCUT2D eigenvalue weighted by molar-refractivity contribution is -0.147. The number of nitrogens with one attached hydrogen (secondary N) is 1. The number of carbonyl (C=O) groups is 6. The van der Waals surface area contributed by atoms with Gasteiger partial charge in [0.25, 0.3) is 0 Å². The zero-order valence-corrected chi connectivity index (χ0v) is 34.0. The van der Waals surface area contributed by atoms with E-state index in [0.29, 0.717) is 31.7 Å². The Bertz CT molecular complexity index is 1420. The van der Waals surface area contributed by atoms with Crippen LogP contribution in [0.1, 0.15) is 176 Å². The van der Waals surface area contributed by atoms with E-state index >= 15 is 4.79 Å². The van der Waals surface area contributed by atoms with Crippen LogP contribution in [0.3, 0.4) is 0 Å². The Hall–Kier alpha value is -2.38. The molecule has 0 radical (unpaired) electrons. The van der Waals surface area contributed by atoms with Gasteiger partial charge in [0.15, 0.2) is 17.3 Å². The fourth-order valence-electron chi connectivity index (χ4n) is 11.9. The number of nitrogens with zero attached hydrogens (tertiary/aromatic N) is 1. The second-order valence-corrected chi connectivity index (χ2v) is 20.2. The maximum Gasteiger partial charge on any atom is 0.227 e. The average molecular weight is 735 g/mol. The highest BCUT2D eigenvalue weighted by Gasteiger charge is 2.85. The predicted molar refractivity (Wildman–Crippen MR) is 206 cm³/mol. The molecule has 0 aromatic heterocycles. The Morgan fingerprint density at radius 3 is 1.94 bits per heavy atom. The molecule has 6 fully saturated rings. The first-order valence-corrected chi connectivity index (χ1v) is 21.8. The molecule has 5 aliphatic carbocycles. The SMILES string of the molecule is CCC[C@H](CC(=O)[C@@H]1C[C@@]2(CN1C(=O)[C@@H](CC(=O)[C@@H](NC(=O)C1CCCCC1)C1CCCCC1)C(C)(C)C)C(C)(C)C21CCC1)C(=O)C(=O)CC1CC1. The van der Waals surface area contributed by atoms with Gasteiger partial charge in [0.2, 0.25) is 17.6 Å². The van der Waals surface area contributed by atoms with Crippen LogP contribution in [0.25, 0.3) is 0 Å². The van der Waals surface area contributed by atoms with Crippen LogP contribution in [0.4, 0.5) is 0 Å². The van der Waals surface area contributed by atoms with E-state index in [2.05, 4.69) is 19.2 Å². The summed E-state index contributed by atoms with van der Waals surface area (Å²) in [5.74, 6) is -2.08. The molecule has 6 aliphatic rings. The number of carbonyl (C=O) groups excluding carboxylic acids is 6. The van der Waals surface area contributed by atoms with Crippen molar-refractivity contribution in [2.24, 2.45) is 51.2 Å². The maximum atomic E-state index is 15.1. The topological polar surface area (TPSA) is 118 Å². The highest BCUT2D eigenvalue weighted by Crippen LogP contribution is 2.88. The first-order valence-electron chi connectivity index (χ1n) is 21.8. The number of hydrogen-bond acceptors (Lipinski definition) is 6. The van der Waals surface area contributed by atoms with Crippen molar-refractivity contribution in [3.63, 3.8) is 0 Å². The van der Waals surface area contributed by atoms with Gasteiger partial charge in [-0.3, -0.25) is 28.8 Å². The van der Waals surface area contributed by atoms with E-state index in [1.54, 1.807) is 0 Å². The fourth-order valence-corrected chi connectivity index (χ4v) is 11.9. The Labute approximate surface area is 319 Å². The summed E-state index contributed by atoms with van der Waals surface area (Å²) >= 11 is 0. The maximum absolute atomic E-state index is 15.1. The second-order valence-electron chi connectivity index (χ2n) is 20.2. The minimum atomic E-state index is -0.674. The van der Waals surface area contributed by atoms with Crippen molar-refractivity contribution in [1.29, 1.82) is 0 Å². The van der Waals surface area contributed by atoms with Crippen LogP contribution in [0.2, 0.25) is 0 Å². The molecule has 2 amide bonds. The van der Waals surface area contributed by atoms with E-state index in [9.17, 15) is 24.0 Å². The summed E-state index contributed by atoms with van der Waals surface area (Å²) in [6, 6.07) is -1.27. The van der Waals surface area contributed by atoms with Gasteiger partial charge in [0.05, 0.1) is 12.1 Å². The van der Waals surface area contributed by atoms with Gasteiger partial charge < -0.3 is 10.2 Å². The normalized spacial score (nSPS) is 28.6. The summed E-state index contributed by atoms with van der Waals surface area (Å²) in [4.78, 5) is 86.1. The van der Waals surface area contributed by atoms with Gasteiger partial charge in [-0.25, -0.2) is 0 Å². The lowest BCUT2D eigenvalue weighted by Crippen LogP contribution is -2.52. The third kappa shape index (κ3) is 7.73. The van der Waals surface area contributed by atoms with Crippen molar-refractivity contribution >= 4 is 34.9 Å². The summed E-state index contributed by atoms with van der Waals surface area (Å²) in [5.41, 5.74) is -0.656. The molecule has 0 aromatic carbocycles. The molecule has 0 unspecified atom stereocenters. The molecule has 1 aliphatic heterocycles. The number of fused-ring (bicyclic) bond motifs is 1. The van der Waals surface area contributed by atoms with Gasteiger partial charge in [-0.2, -0.15) is 0 Å². The molecule has 1 saturated heterocycles. The molecule has 0 aromatic rings. The second kappa shape index (κ2) is 15.6. The van der Waals surface area contributed by atoms with Gasteiger partial charge in [-0.1, -0.05) is 92.9 Å². The third-order valence-corrected chi connectivity index (χ3v) is 15.9. The van der Waals surface area contributed by atoms with Gasteiger partial charge >= 0.3 is 0 Å². The predicted octanol–water partition coefficient (Wildman–Crippen LogP) is 8.36. The van der Waals surface area contributed by atoms with Crippen molar-refractivity contribution in [2.45, 2.75) is 188 Å². The van der Waals surface area contributed by atoms with Crippen LogP contribution >= 0.6 is 0 Å². The lowest BCUT2D eigenvalue weighted by Gasteiger charge is -2.37. The Morgan fingerprint density at radius 2 is 1.42 bits per heavy atom. The molecule has 2 spiro atoms. The minimum absolute atomic E-state index is 0.00652. The number of likely N-dealkylation sites (tertiary alicyclic amines) is 1. The largest absolute Gasteiger partial charge is 0.346 e. The van der Waals surface area contributed by atoms with Gasteiger partial charge in [-0.05, 0) is 92.3 Å². The molecule has 8 heteroatoms. The molecule has 5 saturated carbocycles. The van der Waals surface area contributed by atoms with Crippen LogP contribution in [0, 0.1) is 51.2 Å². The molecule has 0 bridgehead atoms. The summed E-state index contributed by atoms with van der Waals surface area (Å²) < 4.78 is 0. The van der Waals surface area contributed by atoms with Gasteiger partial charge in [0.1, 0.15) is 0 Å². The number of rotatable bonds is 16. The van der Waals surface area contributed by atoms with E-state index < -0.39 is 35.1 Å². The smallest absolute Gasteiger partial charge is 0.227 e. The van der Waals surface area contributed by atoms with Gasteiger partial charge in [-0.15, -0.1) is 0 Å². The molecule has 5 atom stereocenters.